The van der Waals surface area contributed by atoms with Gasteiger partial charge < -0.3 is 31.3 Å². The highest BCUT2D eigenvalue weighted by Gasteiger charge is 2.35. The van der Waals surface area contributed by atoms with E-state index in [9.17, 15) is 23.9 Å². The Balaban J connectivity index is 1.58. The molecule has 0 bridgehead atoms. The number of hydrogen-bond acceptors (Lipinski definition) is 5. The average Bonchev–Trinajstić information content (AvgIpc) is 3.06. The normalized spacial score (nSPS) is 17.3. The van der Waals surface area contributed by atoms with Crippen molar-refractivity contribution in [1.29, 1.82) is 0 Å². The number of amides is 4. The first kappa shape index (κ1) is 32.6. The number of nitrogens with one attached hydrogen (secondary N) is 4. The van der Waals surface area contributed by atoms with Gasteiger partial charge in [0.05, 0.1) is 18.3 Å². The quantitative estimate of drug-likeness (QED) is 0.226. The van der Waals surface area contributed by atoms with Crippen LogP contribution in [0.3, 0.4) is 0 Å². The molecule has 1 aliphatic heterocycles. The van der Waals surface area contributed by atoms with Crippen molar-refractivity contribution >= 4 is 29.2 Å². The number of carbonyl (C=O) groups is 3. The number of β-amino-alcohol motifs (C(OH)–C–C–N with tert-alkyl or cyclic N) is 1. The molecule has 3 atom stereocenters. The Bertz CT molecular complexity index is 1490. The number of halogens is 1. The molecule has 5 N–H and O–H groups in total. The zero-order valence-corrected chi connectivity index (χ0v) is 25.9. The topological polar surface area (TPSA) is 123 Å². The maximum Gasteiger partial charge on any atom is 0.318 e. The number of anilines is 2. The van der Waals surface area contributed by atoms with E-state index in [0.717, 1.165) is 16.7 Å². The van der Waals surface area contributed by atoms with Gasteiger partial charge in [-0.2, -0.15) is 0 Å². The number of nitrogens with zero attached hydrogens (tertiary/aromatic N) is 1. The lowest BCUT2D eigenvalue weighted by atomic mass is 9.93. The number of fused-ring (bicyclic) bond motifs is 1. The van der Waals surface area contributed by atoms with Crippen LogP contribution in [0.4, 0.5) is 20.6 Å². The first-order valence-corrected chi connectivity index (χ1v) is 14.9. The van der Waals surface area contributed by atoms with Crippen molar-refractivity contribution in [1.82, 2.24) is 16.0 Å². The number of benzene rings is 3. The zero-order chi connectivity index (χ0) is 32.0. The van der Waals surface area contributed by atoms with Gasteiger partial charge in [-0.15, -0.1) is 0 Å². The second kappa shape index (κ2) is 14.0. The molecule has 10 heteroatoms. The summed E-state index contributed by atoms with van der Waals surface area (Å²) in [5.41, 5.74) is 3.96. The van der Waals surface area contributed by atoms with Gasteiger partial charge in [0.25, 0.3) is 0 Å². The Kier molecular flexibility index (Phi) is 10.4. The van der Waals surface area contributed by atoms with Crippen molar-refractivity contribution in [2.75, 3.05) is 23.8 Å². The molecule has 3 aromatic carbocycles. The largest absolute Gasteiger partial charge is 0.392 e. The van der Waals surface area contributed by atoms with Gasteiger partial charge in [0.1, 0.15) is 11.9 Å². The molecule has 2 unspecified atom stereocenters. The molecule has 0 aromatic heterocycles. The Morgan fingerprint density at radius 3 is 2.48 bits per heavy atom. The molecule has 1 aliphatic rings. The van der Waals surface area contributed by atoms with E-state index in [0.29, 0.717) is 29.9 Å². The van der Waals surface area contributed by atoms with Crippen LogP contribution in [0.15, 0.2) is 66.7 Å². The summed E-state index contributed by atoms with van der Waals surface area (Å²) in [5, 5.41) is 21.1. The van der Waals surface area contributed by atoms with Crippen LogP contribution in [-0.4, -0.2) is 54.2 Å². The standard InChI is InChI=1S/C34H42FN5O4/c1-21-16-29(38-31(42)18-34(3,4)37-19-22(2)41)32(43)40(30-15-14-25(35)17-27(21)30)20-23-10-12-24(13-11-23)26-8-6-7-9-28(26)39-33(44)36-5/h6-15,17,21-22,29,37,41H,16,18-20H2,1-5H3,(H,38,42)(H2,36,39,44)/t21?,22-,29?/m1/s1. The predicted octanol–water partition coefficient (Wildman–Crippen LogP) is 4.91. The Morgan fingerprint density at radius 2 is 1.80 bits per heavy atom. The third-order valence-electron chi connectivity index (χ3n) is 7.79. The van der Waals surface area contributed by atoms with Crippen LogP contribution >= 0.6 is 0 Å². The number of aliphatic hydroxyl groups excluding tert-OH is 1. The second-order valence-electron chi connectivity index (χ2n) is 12.1. The van der Waals surface area contributed by atoms with E-state index in [1.165, 1.54) is 12.1 Å². The monoisotopic (exact) mass is 603 g/mol. The molecule has 0 spiro atoms. The van der Waals surface area contributed by atoms with Gasteiger partial charge in [-0.1, -0.05) is 49.4 Å². The maximum absolute atomic E-state index is 14.4. The first-order chi connectivity index (χ1) is 20.9. The molecule has 44 heavy (non-hydrogen) atoms. The number of para-hydroxylation sites is 1. The van der Waals surface area contributed by atoms with Crippen molar-refractivity contribution < 1.29 is 23.9 Å². The third kappa shape index (κ3) is 8.21. The van der Waals surface area contributed by atoms with Crippen LogP contribution in [0.5, 0.6) is 0 Å². The summed E-state index contributed by atoms with van der Waals surface area (Å²) in [7, 11) is 1.55. The molecule has 0 radical (unpaired) electrons. The summed E-state index contributed by atoms with van der Waals surface area (Å²) >= 11 is 0. The highest BCUT2D eigenvalue weighted by molar-refractivity contribution is 6.01. The average molecular weight is 604 g/mol. The van der Waals surface area contributed by atoms with E-state index in [2.05, 4.69) is 21.3 Å². The number of urea groups is 1. The van der Waals surface area contributed by atoms with Gasteiger partial charge in [0.2, 0.25) is 11.8 Å². The molecule has 0 aliphatic carbocycles. The molecule has 4 amide bonds. The van der Waals surface area contributed by atoms with E-state index in [-0.39, 0.29) is 42.5 Å². The van der Waals surface area contributed by atoms with Gasteiger partial charge in [-0.3, -0.25) is 9.59 Å². The van der Waals surface area contributed by atoms with Crippen LogP contribution in [0.25, 0.3) is 11.1 Å². The molecule has 1 heterocycles. The van der Waals surface area contributed by atoms with Gasteiger partial charge >= 0.3 is 6.03 Å². The fraction of sp³-hybridized carbons (Fsp3) is 0.382. The van der Waals surface area contributed by atoms with E-state index in [1.54, 1.807) is 24.9 Å². The Morgan fingerprint density at radius 1 is 1.09 bits per heavy atom. The first-order valence-electron chi connectivity index (χ1n) is 14.9. The summed E-state index contributed by atoms with van der Waals surface area (Å²) in [6.07, 6.45) is -0.123. The van der Waals surface area contributed by atoms with Crippen LogP contribution < -0.4 is 26.2 Å². The Labute approximate surface area is 258 Å². The molecule has 9 nitrogen and oxygen atoms in total. The van der Waals surface area contributed by atoms with Crippen molar-refractivity contribution in [2.45, 2.75) is 70.7 Å². The van der Waals surface area contributed by atoms with Crippen molar-refractivity contribution in [3.8, 4) is 11.1 Å². The van der Waals surface area contributed by atoms with Gasteiger partial charge in [0.15, 0.2) is 0 Å². The number of carbonyl (C=O) groups excluding carboxylic acids is 3. The fourth-order valence-electron chi connectivity index (χ4n) is 5.47. The molecule has 4 rings (SSSR count). The number of aliphatic hydroxyl groups is 1. The predicted molar refractivity (Wildman–Crippen MR) is 171 cm³/mol. The highest BCUT2D eigenvalue weighted by atomic mass is 19.1. The maximum atomic E-state index is 14.4. The molecular formula is C34H42FN5O4. The number of hydrogen-bond donors (Lipinski definition) is 5. The van der Waals surface area contributed by atoms with Crippen molar-refractivity contribution in [2.24, 2.45) is 0 Å². The molecule has 0 saturated heterocycles. The van der Waals surface area contributed by atoms with E-state index < -0.39 is 17.7 Å². The minimum Gasteiger partial charge on any atom is -0.392 e. The molecule has 0 fully saturated rings. The number of rotatable bonds is 10. The van der Waals surface area contributed by atoms with E-state index in [4.69, 9.17) is 0 Å². The summed E-state index contributed by atoms with van der Waals surface area (Å²) in [5.74, 6) is -1.13. The summed E-state index contributed by atoms with van der Waals surface area (Å²) < 4.78 is 14.4. The Hall–Kier alpha value is -4.28. The molecule has 0 saturated carbocycles. The minimum atomic E-state index is -0.803. The molecular weight excluding hydrogens is 561 g/mol. The third-order valence-corrected chi connectivity index (χ3v) is 7.79. The smallest absolute Gasteiger partial charge is 0.318 e. The second-order valence-corrected chi connectivity index (χ2v) is 12.1. The highest BCUT2D eigenvalue weighted by Crippen LogP contribution is 2.37. The molecule has 234 valence electrons. The van der Waals surface area contributed by atoms with Crippen molar-refractivity contribution in [3.05, 3.63) is 83.7 Å². The van der Waals surface area contributed by atoms with Crippen LogP contribution in [-0.2, 0) is 16.1 Å². The van der Waals surface area contributed by atoms with Crippen LogP contribution in [0, 0.1) is 5.82 Å². The summed E-state index contributed by atoms with van der Waals surface area (Å²) in [6, 6.07) is 18.5. The summed E-state index contributed by atoms with van der Waals surface area (Å²) in [4.78, 5) is 40.7. The minimum absolute atomic E-state index is 0.108. The van der Waals surface area contributed by atoms with Crippen LogP contribution in [0.1, 0.15) is 57.6 Å². The molecule has 3 aromatic rings. The van der Waals surface area contributed by atoms with Crippen LogP contribution in [0.2, 0.25) is 0 Å². The summed E-state index contributed by atoms with van der Waals surface area (Å²) in [6.45, 7) is 7.89. The van der Waals surface area contributed by atoms with Gasteiger partial charge in [-0.05, 0) is 74.1 Å². The fourth-order valence-corrected chi connectivity index (χ4v) is 5.47. The lowest BCUT2D eigenvalue weighted by molar-refractivity contribution is -0.128. The lowest BCUT2D eigenvalue weighted by Gasteiger charge is -2.29. The van der Waals surface area contributed by atoms with E-state index >= 15 is 0 Å². The van der Waals surface area contributed by atoms with Crippen molar-refractivity contribution in [3.63, 3.8) is 0 Å². The SMILES string of the molecule is CNC(=O)Nc1ccccc1-c1ccc(CN2C(=O)C(NC(=O)CC(C)(C)NC[C@@H](C)O)CC(C)c3cc(F)ccc32)cc1. The zero-order valence-electron chi connectivity index (χ0n) is 25.9. The lowest BCUT2D eigenvalue weighted by Crippen LogP contribution is -2.51. The van der Waals surface area contributed by atoms with Gasteiger partial charge in [-0.25, -0.2) is 9.18 Å². The van der Waals surface area contributed by atoms with E-state index in [1.807, 2.05) is 69.3 Å². The van der Waals surface area contributed by atoms with Gasteiger partial charge in [0, 0.05) is 36.8 Å².